The van der Waals surface area contributed by atoms with Crippen LogP contribution in [0.1, 0.15) is 0 Å². The highest BCUT2D eigenvalue weighted by molar-refractivity contribution is 6.69. The average molecular weight is 443 g/mol. The van der Waals surface area contributed by atoms with Crippen LogP contribution >= 0.6 is 0 Å². The summed E-state index contributed by atoms with van der Waals surface area (Å²) >= 11 is 0. The van der Waals surface area contributed by atoms with Crippen molar-refractivity contribution < 1.29 is 42.7 Å². The van der Waals surface area contributed by atoms with E-state index in [4.69, 9.17) is 42.7 Å². The molecule has 10 heteroatoms. The first-order valence-electron chi connectivity index (χ1n) is 10.4. The molecule has 0 spiro atoms. The first-order valence-corrected chi connectivity index (χ1v) is 13.8. The van der Waals surface area contributed by atoms with Crippen LogP contribution in [0.4, 0.5) is 0 Å². The summed E-state index contributed by atoms with van der Waals surface area (Å²) in [4.78, 5) is 0. The maximum absolute atomic E-state index is 8.53. The molecule has 0 heterocycles. The largest absolute Gasteiger partial charge is 0.415 e. The second-order valence-electron chi connectivity index (χ2n) is 6.97. The number of hydrogen-bond donors (Lipinski definition) is 1. The fraction of sp³-hybridized carbons (Fsp3) is 1.00. The molecule has 0 saturated carbocycles. The molecule has 0 radical (unpaired) electrons. The Morgan fingerprint density at radius 1 is 0.414 bits per heavy atom. The van der Waals surface area contributed by atoms with Crippen LogP contribution < -0.4 is 0 Å². The molecule has 29 heavy (non-hydrogen) atoms. The zero-order valence-corrected chi connectivity index (χ0v) is 19.5. The van der Waals surface area contributed by atoms with E-state index in [1.165, 1.54) is 0 Å². The Labute approximate surface area is 177 Å². The molecule has 176 valence electrons. The van der Waals surface area contributed by atoms with Crippen molar-refractivity contribution in [2.75, 3.05) is 106 Å². The molecule has 0 aliphatic carbocycles. The number of ether oxygens (including phenoxy) is 7. The van der Waals surface area contributed by atoms with Gasteiger partial charge in [0.15, 0.2) is 8.32 Å². The Bertz CT molecular complexity index is 317. The van der Waals surface area contributed by atoms with E-state index in [1.807, 2.05) is 0 Å². The third kappa shape index (κ3) is 27.9. The van der Waals surface area contributed by atoms with Gasteiger partial charge in [-0.2, -0.15) is 0 Å². The van der Waals surface area contributed by atoms with Gasteiger partial charge in [0.25, 0.3) is 0 Å². The van der Waals surface area contributed by atoms with Crippen molar-refractivity contribution in [2.24, 2.45) is 0 Å². The first-order chi connectivity index (χ1) is 14.1. The number of rotatable bonds is 24. The molecule has 0 fully saturated rings. The lowest BCUT2D eigenvalue weighted by Gasteiger charge is -2.16. The summed E-state index contributed by atoms with van der Waals surface area (Å²) < 4.78 is 43.1. The summed E-state index contributed by atoms with van der Waals surface area (Å²) in [6.45, 7) is 14.5. The molecule has 0 rings (SSSR count). The van der Waals surface area contributed by atoms with Crippen molar-refractivity contribution in [1.29, 1.82) is 0 Å². The minimum absolute atomic E-state index is 0.0346. The molecule has 0 unspecified atom stereocenters. The smallest absolute Gasteiger partial charge is 0.183 e. The fourth-order valence-electron chi connectivity index (χ4n) is 1.89. The van der Waals surface area contributed by atoms with Crippen molar-refractivity contribution in [3.63, 3.8) is 0 Å². The molecule has 0 aromatic rings. The number of aliphatic hydroxyl groups excluding tert-OH is 1. The molecule has 0 aliphatic heterocycles. The first kappa shape index (κ1) is 28.9. The summed E-state index contributed by atoms with van der Waals surface area (Å²) in [5.74, 6) is 0. The molecule has 0 aliphatic rings. The lowest BCUT2D eigenvalue weighted by atomic mass is 10.6. The average Bonchev–Trinajstić information content (AvgIpc) is 2.67. The molecular formula is C19H42O9Si. The Kier molecular flexibility index (Phi) is 22.4. The van der Waals surface area contributed by atoms with Gasteiger partial charge in [-0.15, -0.1) is 0 Å². The summed E-state index contributed by atoms with van der Waals surface area (Å²) in [7, 11) is -1.43. The van der Waals surface area contributed by atoms with Crippen molar-refractivity contribution >= 4 is 8.32 Å². The normalized spacial score (nSPS) is 12.0. The topological polar surface area (TPSA) is 94.1 Å². The van der Waals surface area contributed by atoms with Gasteiger partial charge >= 0.3 is 0 Å². The highest BCUT2D eigenvalue weighted by atomic mass is 28.4. The molecule has 0 atom stereocenters. The van der Waals surface area contributed by atoms with Gasteiger partial charge in [0.2, 0.25) is 0 Å². The maximum atomic E-state index is 8.53. The van der Waals surface area contributed by atoms with Crippen molar-refractivity contribution in [1.82, 2.24) is 0 Å². The van der Waals surface area contributed by atoms with Gasteiger partial charge in [0.05, 0.1) is 106 Å². The van der Waals surface area contributed by atoms with E-state index in [0.29, 0.717) is 99.1 Å². The van der Waals surface area contributed by atoms with Gasteiger partial charge in [0, 0.05) is 0 Å². The predicted molar refractivity (Wildman–Crippen MR) is 112 cm³/mol. The van der Waals surface area contributed by atoms with E-state index in [-0.39, 0.29) is 6.61 Å². The van der Waals surface area contributed by atoms with E-state index in [9.17, 15) is 0 Å². The van der Waals surface area contributed by atoms with Gasteiger partial charge < -0.3 is 42.7 Å². The van der Waals surface area contributed by atoms with Gasteiger partial charge in [-0.25, -0.2) is 0 Å². The molecule has 0 amide bonds. The second-order valence-corrected chi connectivity index (χ2v) is 11.5. The third-order valence-corrected chi connectivity index (χ3v) is 4.30. The predicted octanol–water partition coefficient (Wildman–Crippen LogP) is 0.946. The summed E-state index contributed by atoms with van der Waals surface area (Å²) in [6, 6.07) is 0. The molecule has 9 nitrogen and oxygen atoms in total. The van der Waals surface area contributed by atoms with Crippen molar-refractivity contribution in [3.05, 3.63) is 0 Å². The van der Waals surface area contributed by atoms with Crippen LogP contribution in [0.5, 0.6) is 0 Å². The van der Waals surface area contributed by atoms with Crippen LogP contribution in [0, 0.1) is 0 Å². The van der Waals surface area contributed by atoms with Crippen LogP contribution in [0.2, 0.25) is 19.6 Å². The molecule has 0 bridgehead atoms. The Morgan fingerprint density at radius 2 is 0.655 bits per heavy atom. The van der Waals surface area contributed by atoms with Crippen LogP contribution in [-0.2, 0) is 37.6 Å². The minimum atomic E-state index is -1.43. The molecule has 1 N–H and O–H groups in total. The Hall–Kier alpha value is -0.143. The third-order valence-electron chi connectivity index (χ3n) is 3.23. The van der Waals surface area contributed by atoms with Crippen LogP contribution in [-0.4, -0.2) is 119 Å². The minimum Gasteiger partial charge on any atom is -0.415 e. The lowest BCUT2D eigenvalue weighted by Crippen LogP contribution is -2.27. The SMILES string of the molecule is C[Si](C)(C)OCCOCCOCCOCCOCCOCCOCCOCCO. The Morgan fingerprint density at radius 3 is 0.897 bits per heavy atom. The van der Waals surface area contributed by atoms with E-state index in [1.54, 1.807) is 0 Å². The highest BCUT2D eigenvalue weighted by Gasteiger charge is 2.12. The van der Waals surface area contributed by atoms with Crippen LogP contribution in [0.15, 0.2) is 0 Å². The van der Waals surface area contributed by atoms with Crippen LogP contribution in [0.3, 0.4) is 0 Å². The van der Waals surface area contributed by atoms with Crippen LogP contribution in [0.25, 0.3) is 0 Å². The van der Waals surface area contributed by atoms with Gasteiger partial charge in [0.1, 0.15) is 0 Å². The second kappa shape index (κ2) is 22.5. The molecule has 0 aromatic carbocycles. The zero-order chi connectivity index (χ0) is 21.5. The summed E-state index contributed by atoms with van der Waals surface area (Å²) in [6.07, 6.45) is 0. The summed E-state index contributed by atoms with van der Waals surface area (Å²) in [5, 5.41) is 8.53. The molecular weight excluding hydrogens is 400 g/mol. The van der Waals surface area contributed by atoms with Gasteiger partial charge in [-0.1, -0.05) is 0 Å². The monoisotopic (exact) mass is 442 g/mol. The van der Waals surface area contributed by atoms with E-state index >= 15 is 0 Å². The number of aliphatic hydroxyl groups is 1. The quantitative estimate of drug-likeness (QED) is 0.173. The standard InChI is InChI=1S/C19H42O9Si/c1-29(2,3)28-19-18-27-17-16-26-15-14-25-13-12-24-11-10-23-9-8-22-7-6-21-5-4-20/h20H,4-19H2,1-3H3. The summed E-state index contributed by atoms with van der Waals surface area (Å²) in [5.41, 5.74) is 0. The van der Waals surface area contributed by atoms with Crippen molar-refractivity contribution in [3.8, 4) is 0 Å². The fourth-order valence-corrected chi connectivity index (χ4v) is 2.59. The number of hydrogen-bond acceptors (Lipinski definition) is 9. The molecule has 0 aromatic heterocycles. The maximum Gasteiger partial charge on any atom is 0.183 e. The molecule has 0 saturated heterocycles. The van der Waals surface area contributed by atoms with E-state index in [0.717, 1.165) is 0 Å². The Balaban J connectivity index is 3.02. The van der Waals surface area contributed by atoms with Crippen molar-refractivity contribution in [2.45, 2.75) is 19.6 Å². The highest BCUT2D eigenvalue weighted by Crippen LogP contribution is 2.01. The van der Waals surface area contributed by atoms with Gasteiger partial charge in [-0.05, 0) is 19.6 Å². The van der Waals surface area contributed by atoms with E-state index < -0.39 is 8.32 Å². The van der Waals surface area contributed by atoms with E-state index in [2.05, 4.69) is 19.6 Å². The lowest BCUT2D eigenvalue weighted by molar-refractivity contribution is -0.0221. The van der Waals surface area contributed by atoms with Gasteiger partial charge in [-0.3, -0.25) is 0 Å². The zero-order valence-electron chi connectivity index (χ0n) is 18.5.